The molecule has 0 spiro atoms. The van der Waals surface area contributed by atoms with Gasteiger partial charge in [-0.1, -0.05) is 134 Å². The van der Waals surface area contributed by atoms with Gasteiger partial charge in [-0.05, 0) is 39.9 Å². The second-order valence-corrected chi connectivity index (χ2v) is 14.1. The van der Waals surface area contributed by atoms with E-state index in [9.17, 15) is 19.5 Å². The van der Waals surface area contributed by atoms with Crippen LogP contribution in [0.2, 0.25) is 0 Å². The number of anilines is 1. The van der Waals surface area contributed by atoms with Gasteiger partial charge < -0.3 is 24.6 Å². The van der Waals surface area contributed by atoms with Crippen molar-refractivity contribution in [2.24, 2.45) is 5.92 Å². The zero-order chi connectivity index (χ0) is 38.1. The quantitative estimate of drug-likeness (QED) is 0.122. The van der Waals surface area contributed by atoms with Crippen LogP contribution in [0.5, 0.6) is 0 Å². The molecule has 7 rings (SSSR count). The SMILES string of the molecule is C[C@@H]1[C@H](CN(Cc2ccccc2)Cc2ccccc2)O[C@H](c2cccc(N3C(=O)CC(NC(=O)OCc4ccccc4)C3=O)c2)O[C@@H]1c1ccc(CO)cc1. The number of imide groups is 1. The van der Waals surface area contributed by atoms with Crippen LogP contribution in [0.4, 0.5) is 10.5 Å². The number of aliphatic hydroxyl groups excluding tert-OH is 1. The molecule has 0 saturated carbocycles. The maximum absolute atomic E-state index is 13.6. The molecule has 10 nitrogen and oxygen atoms in total. The Morgan fingerprint density at radius 2 is 1.38 bits per heavy atom. The van der Waals surface area contributed by atoms with E-state index in [1.54, 1.807) is 18.2 Å². The van der Waals surface area contributed by atoms with Gasteiger partial charge in [0, 0.05) is 31.1 Å². The number of aliphatic hydroxyl groups is 1. The topological polar surface area (TPSA) is 118 Å². The van der Waals surface area contributed by atoms with Crippen molar-refractivity contribution in [1.29, 1.82) is 0 Å². The first-order chi connectivity index (χ1) is 26.8. The first kappa shape index (κ1) is 37.7. The Bertz CT molecular complexity index is 2000. The monoisotopic (exact) mass is 739 g/mol. The fourth-order valence-corrected chi connectivity index (χ4v) is 7.18. The van der Waals surface area contributed by atoms with Gasteiger partial charge in [0.2, 0.25) is 5.91 Å². The molecule has 55 heavy (non-hydrogen) atoms. The van der Waals surface area contributed by atoms with Gasteiger partial charge in [-0.25, -0.2) is 9.69 Å². The highest BCUT2D eigenvalue weighted by molar-refractivity contribution is 6.22. The summed E-state index contributed by atoms with van der Waals surface area (Å²) in [6.45, 7) is 4.14. The molecule has 10 heteroatoms. The first-order valence-electron chi connectivity index (χ1n) is 18.6. The van der Waals surface area contributed by atoms with Crippen LogP contribution in [-0.4, -0.2) is 46.6 Å². The highest BCUT2D eigenvalue weighted by Gasteiger charge is 2.42. The van der Waals surface area contributed by atoms with E-state index >= 15 is 0 Å². The van der Waals surface area contributed by atoms with Gasteiger partial charge in [0.1, 0.15) is 12.6 Å². The predicted octanol–water partition coefficient (Wildman–Crippen LogP) is 7.23. The fraction of sp³-hybridized carbons (Fsp3) is 0.267. The van der Waals surface area contributed by atoms with Crippen molar-refractivity contribution in [1.82, 2.24) is 10.2 Å². The lowest BCUT2D eigenvalue weighted by molar-refractivity contribution is -0.276. The van der Waals surface area contributed by atoms with Crippen LogP contribution < -0.4 is 10.2 Å². The van der Waals surface area contributed by atoms with Gasteiger partial charge >= 0.3 is 6.09 Å². The Balaban J connectivity index is 1.12. The minimum absolute atomic E-state index is 0.0388. The molecule has 2 aliphatic heterocycles. The van der Waals surface area contributed by atoms with E-state index in [1.165, 1.54) is 11.1 Å². The van der Waals surface area contributed by atoms with Crippen LogP contribution in [0.15, 0.2) is 140 Å². The van der Waals surface area contributed by atoms with Crippen molar-refractivity contribution < 1.29 is 33.7 Å². The summed E-state index contributed by atoms with van der Waals surface area (Å²) in [5.41, 5.74) is 5.94. The van der Waals surface area contributed by atoms with Crippen molar-refractivity contribution in [2.75, 3.05) is 11.4 Å². The summed E-state index contributed by atoms with van der Waals surface area (Å²) in [4.78, 5) is 42.9. The van der Waals surface area contributed by atoms with Crippen molar-refractivity contribution in [3.63, 3.8) is 0 Å². The summed E-state index contributed by atoms with van der Waals surface area (Å²) >= 11 is 0. The summed E-state index contributed by atoms with van der Waals surface area (Å²) in [5.74, 6) is -1.05. The number of nitrogens with zero attached hydrogens (tertiary/aromatic N) is 2. The molecule has 0 aliphatic carbocycles. The Morgan fingerprint density at radius 1 is 0.764 bits per heavy atom. The van der Waals surface area contributed by atoms with E-state index in [2.05, 4.69) is 41.4 Å². The van der Waals surface area contributed by atoms with E-state index in [-0.39, 0.29) is 37.8 Å². The zero-order valence-corrected chi connectivity index (χ0v) is 30.7. The predicted molar refractivity (Wildman–Crippen MR) is 207 cm³/mol. The molecule has 282 valence electrons. The molecule has 2 N–H and O–H groups in total. The highest BCUT2D eigenvalue weighted by Crippen LogP contribution is 2.43. The lowest BCUT2D eigenvalue weighted by Crippen LogP contribution is -2.44. The lowest BCUT2D eigenvalue weighted by atomic mass is 9.89. The molecular formula is C45H45N3O7. The van der Waals surface area contributed by atoms with Crippen LogP contribution in [0.25, 0.3) is 0 Å². The van der Waals surface area contributed by atoms with Gasteiger partial charge in [-0.15, -0.1) is 0 Å². The highest BCUT2D eigenvalue weighted by atomic mass is 16.7. The van der Waals surface area contributed by atoms with Crippen LogP contribution >= 0.6 is 0 Å². The summed E-state index contributed by atoms with van der Waals surface area (Å²) in [6.07, 6.45) is -2.43. The Hall–Kier alpha value is -5.65. The Morgan fingerprint density at radius 3 is 2.00 bits per heavy atom. The molecule has 2 aliphatic rings. The van der Waals surface area contributed by atoms with Crippen molar-refractivity contribution in [3.8, 4) is 0 Å². The third-order valence-corrected chi connectivity index (χ3v) is 10.1. The van der Waals surface area contributed by atoms with Crippen LogP contribution in [0.3, 0.4) is 0 Å². The van der Waals surface area contributed by atoms with Crippen molar-refractivity contribution in [3.05, 3.63) is 173 Å². The summed E-state index contributed by atoms with van der Waals surface area (Å²) < 4.78 is 18.9. The number of amides is 3. The van der Waals surface area contributed by atoms with Gasteiger partial charge in [0.25, 0.3) is 5.91 Å². The Labute approximate surface area is 321 Å². The minimum Gasteiger partial charge on any atom is -0.445 e. The number of carbonyl (C=O) groups excluding carboxylic acids is 3. The zero-order valence-electron chi connectivity index (χ0n) is 30.7. The number of alkyl carbamates (subject to hydrolysis) is 1. The van der Waals surface area contributed by atoms with Crippen molar-refractivity contribution in [2.45, 2.75) is 64.2 Å². The fourth-order valence-electron chi connectivity index (χ4n) is 7.18. The Kier molecular flexibility index (Phi) is 12.1. The number of carbonyl (C=O) groups is 3. The number of rotatable bonds is 13. The number of ether oxygens (including phenoxy) is 3. The maximum Gasteiger partial charge on any atom is 0.408 e. The normalized spacial score (nSPS) is 21.1. The number of hydrogen-bond acceptors (Lipinski definition) is 8. The molecule has 1 unspecified atom stereocenters. The van der Waals surface area contributed by atoms with Gasteiger partial charge in [0.15, 0.2) is 6.29 Å². The average Bonchev–Trinajstić information content (AvgIpc) is 3.50. The molecule has 3 amide bonds. The molecule has 2 saturated heterocycles. The minimum atomic E-state index is -1.06. The number of nitrogens with one attached hydrogen (secondary N) is 1. The molecule has 2 heterocycles. The van der Waals surface area contributed by atoms with E-state index in [0.717, 1.165) is 21.6 Å². The average molecular weight is 740 g/mol. The largest absolute Gasteiger partial charge is 0.445 e. The van der Waals surface area contributed by atoms with Crippen LogP contribution in [0, 0.1) is 5.92 Å². The molecule has 5 atom stereocenters. The van der Waals surface area contributed by atoms with E-state index < -0.39 is 30.2 Å². The molecular weight excluding hydrogens is 695 g/mol. The van der Waals surface area contributed by atoms with Gasteiger partial charge in [0.05, 0.1) is 30.9 Å². The molecule has 0 radical (unpaired) electrons. The van der Waals surface area contributed by atoms with Gasteiger partial charge in [-0.3, -0.25) is 14.5 Å². The van der Waals surface area contributed by atoms with E-state index in [0.29, 0.717) is 30.9 Å². The van der Waals surface area contributed by atoms with Gasteiger partial charge in [-0.2, -0.15) is 0 Å². The standard InChI is InChI=1S/C45H45N3O7/c1-31-40(28-47(26-32-12-5-2-6-13-32)27-33-14-7-3-8-15-33)54-44(55-42(31)36-22-20-34(29-49)21-23-36)37-18-11-19-38(24-37)48-41(50)25-39(43(48)51)46-45(52)53-30-35-16-9-4-10-17-35/h2-24,31,39-40,42,44,49H,25-30H2,1H3,(H,46,52)/t31-,39?,40+,42+,44+/m1/s1. The molecule has 5 aromatic carbocycles. The molecule has 2 fully saturated rings. The summed E-state index contributed by atoms with van der Waals surface area (Å²) in [7, 11) is 0. The smallest absolute Gasteiger partial charge is 0.408 e. The molecule has 0 bridgehead atoms. The van der Waals surface area contributed by atoms with Crippen LogP contribution in [0.1, 0.15) is 59.1 Å². The molecule has 5 aromatic rings. The number of benzene rings is 5. The number of hydrogen-bond donors (Lipinski definition) is 2. The maximum atomic E-state index is 13.6. The van der Waals surface area contributed by atoms with Crippen molar-refractivity contribution >= 4 is 23.6 Å². The van der Waals surface area contributed by atoms with Crippen LogP contribution in [-0.2, 0) is 50.1 Å². The second kappa shape index (κ2) is 17.7. The lowest BCUT2D eigenvalue weighted by Gasteiger charge is -2.43. The first-order valence-corrected chi connectivity index (χ1v) is 18.6. The third-order valence-electron chi connectivity index (χ3n) is 10.1. The second-order valence-electron chi connectivity index (χ2n) is 14.1. The van der Waals surface area contributed by atoms with E-state index in [4.69, 9.17) is 14.2 Å². The van der Waals surface area contributed by atoms with E-state index in [1.807, 2.05) is 97.1 Å². The third kappa shape index (κ3) is 9.36. The summed E-state index contributed by atoms with van der Waals surface area (Å²) in [5, 5.41) is 12.3. The molecule has 0 aromatic heterocycles. The summed E-state index contributed by atoms with van der Waals surface area (Å²) in [6, 6.07) is 43.7.